The van der Waals surface area contributed by atoms with Crippen molar-refractivity contribution in [1.82, 2.24) is 19.9 Å². The first-order chi connectivity index (χ1) is 15.6. The molecule has 4 rings (SSSR count). The van der Waals surface area contributed by atoms with Crippen molar-refractivity contribution in [1.29, 1.82) is 0 Å². The van der Waals surface area contributed by atoms with E-state index in [-0.39, 0.29) is 5.91 Å². The van der Waals surface area contributed by atoms with Crippen molar-refractivity contribution in [3.8, 4) is 22.9 Å². The number of piperazine rings is 1. The smallest absolute Gasteiger partial charge is 0.241 e. The number of aryl methyl sites for hydroxylation is 1. The average molecular weight is 437 g/mol. The number of nitrogens with zero attached hydrogens (tertiary/aromatic N) is 4. The van der Waals surface area contributed by atoms with E-state index in [4.69, 9.17) is 14.0 Å². The van der Waals surface area contributed by atoms with E-state index < -0.39 is 0 Å². The van der Waals surface area contributed by atoms with Crippen LogP contribution in [0.1, 0.15) is 17.0 Å². The predicted molar refractivity (Wildman–Crippen MR) is 120 cm³/mol. The molecular weight excluding hydrogens is 408 g/mol. The van der Waals surface area contributed by atoms with Crippen molar-refractivity contribution in [2.45, 2.75) is 19.9 Å². The van der Waals surface area contributed by atoms with Crippen LogP contribution in [0.2, 0.25) is 0 Å². The molecule has 2 heterocycles. The maximum absolute atomic E-state index is 12.7. The summed E-state index contributed by atoms with van der Waals surface area (Å²) >= 11 is 0. The van der Waals surface area contributed by atoms with Crippen LogP contribution < -0.4 is 9.47 Å². The van der Waals surface area contributed by atoms with E-state index in [2.05, 4.69) is 15.0 Å². The van der Waals surface area contributed by atoms with Crippen LogP contribution in [0.15, 0.2) is 47.0 Å². The van der Waals surface area contributed by atoms with Crippen LogP contribution >= 0.6 is 0 Å². The third-order valence-corrected chi connectivity index (χ3v) is 5.80. The Morgan fingerprint density at radius 3 is 2.50 bits per heavy atom. The molecule has 0 atom stereocenters. The van der Waals surface area contributed by atoms with Gasteiger partial charge in [-0.25, -0.2) is 0 Å². The van der Waals surface area contributed by atoms with Gasteiger partial charge in [0.25, 0.3) is 0 Å². The summed E-state index contributed by atoms with van der Waals surface area (Å²) in [7, 11) is 3.19. The molecule has 0 bridgehead atoms. The Morgan fingerprint density at radius 1 is 1.03 bits per heavy atom. The van der Waals surface area contributed by atoms with Gasteiger partial charge in [-0.2, -0.15) is 4.98 Å². The lowest BCUT2D eigenvalue weighted by Crippen LogP contribution is -2.48. The standard InChI is InChI=1S/C24H28N4O4/c1-17-6-4-5-7-18(17)15-23(29)28-12-10-27(11-13-28)16-22-25-24(26-32-22)19-8-9-20(30-2)21(14-19)31-3/h4-9,14H,10-13,15-16H2,1-3H3. The molecule has 8 heteroatoms. The van der Waals surface area contributed by atoms with Crippen LogP contribution in [0.5, 0.6) is 11.5 Å². The molecule has 0 radical (unpaired) electrons. The van der Waals surface area contributed by atoms with Gasteiger partial charge in [0.05, 0.1) is 27.2 Å². The number of ether oxygens (including phenoxy) is 2. The number of rotatable bonds is 7. The number of carbonyl (C=O) groups is 1. The third kappa shape index (κ3) is 4.91. The fraction of sp³-hybridized carbons (Fsp3) is 0.375. The quantitative estimate of drug-likeness (QED) is 0.563. The molecule has 0 N–H and O–H groups in total. The van der Waals surface area contributed by atoms with Gasteiger partial charge < -0.3 is 18.9 Å². The zero-order chi connectivity index (χ0) is 22.5. The maximum atomic E-state index is 12.7. The van der Waals surface area contributed by atoms with Crippen LogP contribution in [0, 0.1) is 6.92 Å². The summed E-state index contributed by atoms with van der Waals surface area (Å²) in [5.41, 5.74) is 3.04. The Labute approximate surface area is 187 Å². The first kappa shape index (κ1) is 21.8. The fourth-order valence-electron chi connectivity index (χ4n) is 3.84. The molecule has 0 saturated carbocycles. The molecule has 1 aromatic heterocycles. The fourth-order valence-corrected chi connectivity index (χ4v) is 3.84. The SMILES string of the molecule is COc1ccc(-c2noc(CN3CCN(C(=O)Cc4ccccc4C)CC3)n2)cc1OC. The molecule has 1 saturated heterocycles. The van der Waals surface area contributed by atoms with Gasteiger partial charge >= 0.3 is 0 Å². The number of hydrogen-bond acceptors (Lipinski definition) is 7. The first-order valence-electron chi connectivity index (χ1n) is 10.7. The number of amides is 1. The minimum Gasteiger partial charge on any atom is -0.493 e. The van der Waals surface area contributed by atoms with Crippen LogP contribution in [-0.2, 0) is 17.8 Å². The van der Waals surface area contributed by atoms with Crippen molar-refractivity contribution in [3.05, 3.63) is 59.5 Å². The molecule has 1 aliphatic heterocycles. The Kier molecular flexibility index (Phi) is 6.70. The average Bonchev–Trinajstić information content (AvgIpc) is 3.29. The molecule has 0 aliphatic carbocycles. The van der Waals surface area contributed by atoms with Gasteiger partial charge in [-0.3, -0.25) is 9.69 Å². The Bertz CT molecular complexity index is 1070. The maximum Gasteiger partial charge on any atom is 0.241 e. The Morgan fingerprint density at radius 2 is 1.78 bits per heavy atom. The van der Waals surface area contributed by atoms with E-state index in [9.17, 15) is 4.79 Å². The van der Waals surface area contributed by atoms with Crippen LogP contribution in [0.3, 0.4) is 0 Å². The van der Waals surface area contributed by atoms with Gasteiger partial charge in [0.15, 0.2) is 11.5 Å². The second kappa shape index (κ2) is 9.82. The second-order valence-electron chi connectivity index (χ2n) is 7.84. The van der Waals surface area contributed by atoms with Crippen molar-refractivity contribution in [2.75, 3.05) is 40.4 Å². The molecule has 8 nitrogen and oxygen atoms in total. The molecule has 1 amide bonds. The number of hydrogen-bond donors (Lipinski definition) is 0. The lowest BCUT2D eigenvalue weighted by atomic mass is 10.1. The third-order valence-electron chi connectivity index (χ3n) is 5.80. The van der Waals surface area contributed by atoms with Gasteiger partial charge in [0, 0.05) is 31.7 Å². The number of benzene rings is 2. The normalized spacial score (nSPS) is 14.4. The zero-order valence-electron chi connectivity index (χ0n) is 18.7. The molecule has 0 spiro atoms. The molecule has 168 valence electrons. The van der Waals surface area contributed by atoms with E-state index in [1.54, 1.807) is 14.2 Å². The van der Waals surface area contributed by atoms with E-state index in [0.717, 1.165) is 29.8 Å². The Balaban J connectivity index is 1.32. The molecular formula is C24H28N4O4. The van der Waals surface area contributed by atoms with Crippen LogP contribution in [-0.4, -0.2) is 66.2 Å². The van der Waals surface area contributed by atoms with Crippen LogP contribution in [0.25, 0.3) is 11.4 Å². The van der Waals surface area contributed by atoms with E-state index in [1.165, 1.54) is 0 Å². The Hall–Kier alpha value is -3.39. The zero-order valence-corrected chi connectivity index (χ0v) is 18.7. The summed E-state index contributed by atoms with van der Waals surface area (Å²) < 4.78 is 16.1. The van der Waals surface area contributed by atoms with Crippen molar-refractivity contribution in [2.24, 2.45) is 0 Å². The van der Waals surface area contributed by atoms with Gasteiger partial charge in [-0.05, 0) is 36.2 Å². The monoisotopic (exact) mass is 436 g/mol. The molecule has 3 aromatic rings. The van der Waals surface area contributed by atoms with Crippen molar-refractivity contribution in [3.63, 3.8) is 0 Å². The predicted octanol–water partition coefficient (Wildman–Crippen LogP) is 2.95. The summed E-state index contributed by atoms with van der Waals surface area (Å²) in [6, 6.07) is 13.6. The highest BCUT2D eigenvalue weighted by Gasteiger charge is 2.23. The molecule has 2 aromatic carbocycles. The highest BCUT2D eigenvalue weighted by molar-refractivity contribution is 5.79. The molecule has 32 heavy (non-hydrogen) atoms. The van der Waals surface area contributed by atoms with E-state index in [1.807, 2.05) is 54.3 Å². The number of methoxy groups -OCH3 is 2. The second-order valence-corrected chi connectivity index (χ2v) is 7.84. The minimum absolute atomic E-state index is 0.174. The summed E-state index contributed by atoms with van der Waals surface area (Å²) in [5.74, 6) is 2.49. The van der Waals surface area contributed by atoms with Gasteiger partial charge in [-0.15, -0.1) is 0 Å². The number of aromatic nitrogens is 2. The van der Waals surface area contributed by atoms with Crippen molar-refractivity contribution < 1.29 is 18.8 Å². The van der Waals surface area contributed by atoms with Crippen molar-refractivity contribution >= 4 is 5.91 Å². The van der Waals surface area contributed by atoms with Gasteiger partial charge in [0.1, 0.15) is 0 Å². The first-order valence-corrected chi connectivity index (χ1v) is 10.7. The lowest BCUT2D eigenvalue weighted by Gasteiger charge is -2.34. The summed E-state index contributed by atoms with van der Waals surface area (Å²) in [4.78, 5) is 21.4. The molecule has 1 aliphatic rings. The highest BCUT2D eigenvalue weighted by Crippen LogP contribution is 2.31. The minimum atomic E-state index is 0.174. The van der Waals surface area contributed by atoms with E-state index >= 15 is 0 Å². The molecule has 0 unspecified atom stereocenters. The number of carbonyl (C=O) groups excluding carboxylic acids is 1. The van der Waals surface area contributed by atoms with Gasteiger partial charge in [-0.1, -0.05) is 29.4 Å². The highest BCUT2D eigenvalue weighted by atomic mass is 16.5. The summed E-state index contributed by atoms with van der Waals surface area (Å²) in [6.07, 6.45) is 0.449. The lowest BCUT2D eigenvalue weighted by molar-refractivity contribution is -0.132. The van der Waals surface area contributed by atoms with Gasteiger partial charge in [0.2, 0.25) is 17.6 Å². The van der Waals surface area contributed by atoms with E-state index in [0.29, 0.717) is 49.3 Å². The van der Waals surface area contributed by atoms with Crippen LogP contribution in [0.4, 0.5) is 0 Å². The largest absolute Gasteiger partial charge is 0.493 e. The molecule has 1 fully saturated rings. The summed E-state index contributed by atoms with van der Waals surface area (Å²) in [5, 5.41) is 4.11. The topological polar surface area (TPSA) is 80.9 Å². The summed E-state index contributed by atoms with van der Waals surface area (Å²) in [6.45, 7) is 5.53.